The van der Waals surface area contributed by atoms with Gasteiger partial charge in [-0.15, -0.1) is 0 Å². The number of aromatic nitrogens is 5. The van der Waals surface area contributed by atoms with E-state index in [1.54, 1.807) is 31.5 Å². The Morgan fingerprint density at radius 1 is 1.10 bits per heavy atom. The molecule has 7 heteroatoms. The number of pyridine rings is 1. The maximum Gasteiger partial charge on any atom is 0.368 e. The summed E-state index contributed by atoms with van der Waals surface area (Å²) in [6, 6.07) is 12.7. The van der Waals surface area contributed by atoms with Crippen LogP contribution in [-0.4, -0.2) is 31.9 Å². The number of methoxy groups -OCH3 is 1. The highest BCUT2D eigenvalue weighted by Crippen LogP contribution is 2.07. The van der Waals surface area contributed by atoms with Gasteiger partial charge in [-0.3, -0.25) is 0 Å². The van der Waals surface area contributed by atoms with Gasteiger partial charge in [0.25, 0.3) is 0 Å². The van der Waals surface area contributed by atoms with Gasteiger partial charge in [0.2, 0.25) is 5.88 Å². The Morgan fingerprint density at radius 3 is 2.57 bits per heavy atom. The van der Waals surface area contributed by atoms with Crippen LogP contribution < -0.4 is 10.4 Å². The second-order valence-electron chi connectivity index (χ2n) is 4.38. The molecule has 0 amide bonds. The fourth-order valence-electron chi connectivity index (χ4n) is 1.90. The minimum absolute atomic E-state index is 0.294. The largest absolute Gasteiger partial charge is 0.481 e. The zero-order chi connectivity index (χ0) is 14.7. The van der Waals surface area contributed by atoms with Gasteiger partial charge >= 0.3 is 5.69 Å². The zero-order valence-corrected chi connectivity index (χ0v) is 11.4. The summed E-state index contributed by atoms with van der Waals surface area (Å²) < 4.78 is 7.54. The van der Waals surface area contributed by atoms with Crippen LogP contribution in [0.2, 0.25) is 0 Å². The summed E-state index contributed by atoms with van der Waals surface area (Å²) in [4.78, 5) is 16.3. The van der Waals surface area contributed by atoms with Crippen LogP contribution in [-0.2, 0) is 6.54 Å². The van der Waals surface area contributed by atoms with Crippen LogP contribution in [0.15, 0.2) is 53.5 Å². The van der Waals surface area contributed by atoms with Gasteiger partial charge in [0.1, 0.15) is 0 Å². The lowest BCUT2D eigenvalue weighted by Gasteiger charge is -2.01. The molecule has 21 heavy (non-hydrogen) atoms. The van der Waals surface area contributed by atoms with Crippen molar-refractivity contribution in [3.63, 3.8) is 0 Å². The van der Waals surface area contributed by atoms with E-state index < -0.39 is 0 Å². The molecule has 0 radical (unpaired) electrons. The molecular weight excluding hydrogens is 270 g/mol. The van der Waals surface area contributed by atoms with E-state index in [9.17, 15) is 4.79 Å². The summed E-state index contributed by atoms with van der Waals surface area (Å²) in [5.41, 5.74) is 1.23. The fourth-order valence-corrected chi connectivity index (χ4v) is 1.90. The zero-order valence-electron chi connectivity index (χ0n) is 11.4. The third-order valence-corrected chi connectivity index (χ3v) is 2.98. The molecule has 0 unspecified atom stereocenters. The monoisotopic (exact) mass is 283 g/mol. The maximum absolute atomic E-state index is 12.3. The molecular formula is C14H13N5O2. The number of ether oxygens (including phenoxy) is 1. The molecule has 0 bridgehead atoms. The van der Waals surface area contributed by atoms with E-state index >= 15 is 0 Å². The molecule has 0 fully saturated rings. The molecule has 0 saturated heterocycles. The molecule has 0 aliphatic carbocycles. The van der Waals surface area contributed by atoms with Gasteiger partial charge in [0.05, 0.1) is 19.3 Å². The van der Waals surface area contributed by atoms with Crippen molar-refractivity contribution in [1.82, 2.24) is 24.8 Å². The van der Waals surface area contributed by atoms with Crippen molar-refractivity contribution in [2.45, 2.75) is 6.54 Å². The maximum atomic E-state index is 12.3. The van der Waals surface area contributed by atoms with Gasteiger partial charge in [0.15, 0.2) is 0 Å². The molecule has 0 aliphatic rings. The van der Waals surface area contributed by atoms with Crippen LogP contribution in [0.5, 0.6) is 5.88 Å². The van der Waals surface area contributed by atoms with E-state index in [4.69, 9.17) is 4.74 Å². The second-order valence-corrected chi connectivity index (χ2v) is 4.38. The highest BCUT2D eigenvalue weighted by atomic mass is 16.5. The topological polar surface area (TPSA) is 74.8 Å². The Labute approximate surface area is 120 Å². The number of para-hydroxylation sites is 1. The van der Waals surface area contributed by atoms with Gasteiger partial charge in [0, 0.05) is 12.3 Å². The molecule has 2 aromatic heterocycles. The summed E-state index contributed by atoms with van der Waals surface area (Å²) >= 11 is 0. The van der Waals surface area contributed by atoms with Crippen LogP contribution in [0, 0.1) is 0 Å². The van der Waals surface area contributed by atoms with Gasteiger partial charge in [-0.2, -0.15) is 9.36 Å². The van der Waals surface area contributed by atoms with E-state index in [1.807, 2.05) is 24.3 Å². The summed E-state index contributed by atoms with van der Waals surface area (Å²) in [6.45, 7) is 0.308. The molecule has 0 aliphatic heterocycles. The van der Waals surface area contributed by atoms with Crippen LogP contribution in [0.25, 0.3) is 5.69 Å². The Bertz CT molecular complexity index is 777. The molecule has 1 aromatic carbocycles. The number of rotatable bonds is 4. The van der Waals surface area contributed by atoms with Gasteiger partial charge < -0.3 is 4.74 Å². The van der Waals surface area contributed by atoms with Gasteiger partial charge in [-0.05, 0) is 28.1 Å². The molecule has 0 saturated carbocycles. The predicted molar refractivity (Wildman–Crippen MR) is 75.5 cm³/mol. The molecule has 0 N–H and O–H groups in total. The smallest absolute Gasteiger partial charge is 0.368 e. The standard InChI is InChI=1S/C14H13N5O2/c1-21-13-8-7-11(9-15-13)10-18-14(20)19(17-16-18)12-5-3-2-4-6-12/h2-9H,10H2,1H3. The quantitative estimate of drug-likeness (QED) is 0.710. The Hall–Kier alpha value is -2.96. The van der Waals surface area contributed by atoms with Gasteiger partial charge in [-0.25, -0.2) is 9.78 Å². The first-order chi connectivity index (χ1) is 10.3. The van der Waals surface area contributed by atoms with Crippen molar-refractivity contribution in [3.05, 3.63) is 64.7 Å². The average molecular weight is 283 g/mol. The van der Waals surface area contributed by atoms with Crippen molar-refractivity contribution >= 4 is 0 Å². The van der Waals surface area contributed by atoms with Crippen molar-refractivity contribution < 1.29 is 4.74 Å². The predicted octanol–water partition coefficient (Wildman–Crippen LogP) is 0.881. The normalized spacial score (nSPS) is 10.5. The number of tetrazole rings is 1. The van der Waals surface area contributed by atoms with Crippen LogP contribution in [0.1, 0.15) is 5.56 Å². The lowest BCUT2D eigenvalue weighted by molar-refractivity contribution is 0.397. The Balaban J connectivity index is 1.87. The highest BCUT2D eigenvalue weighted by molar-refractivity contribution is 5.29. The average Bonchev–Trinajstić information content (AvgIpc) is 2.90. The Morgan fingerprint density at radius 2 is 1.90 bits per heavy atom. The van der Waals surface area contributed by atoms with E-state index in [0.717, 1.165) is 5.56 Å². The van der Waals surface area contributed by atoms with Crippen LogP contribution in [0.4, 0.5) is 0 Å². The SMILES string of the molecule is COc1ccc(Cn2nnn(-c3ccccc3)c2=O)cn1. The third-order valence-electron chi connectivity index (χ3n) is 2.98. The minimum atomic E-state index is -0.294. The molecule has 3 rings (SSSR count). The molecule has 7 nitrogen and oxygen atoms in total. The van der Waals surface area contributed by atoms with Crippen LogP contribution >= 0.6 is 0 Å². The first kappa shape index (κ1) is 13.0. The second kappa shape index (κ2) is 5.58. The minimum Gasteiger partial charge on any atom is -0.481 e. The van der Waals surface area contributed by atoms with Crippen molar-refractivity contribution in [1.29, 1.82) is 0 Å². The van der Waals surface area contributed by atoms with Crippen molar-refractivity contribution in [2.24, 2.45) is 0 Å². The van der Waals surface area contributed by atoms with Crippen molar-refractivity contribution in [3.8, 4) is 11.6 Å². The number of nitrogens with zero attached hydrogens (tertiary/aromatic N) is 5. The first-order valence-corrected chi connectivity index (χ1v) is 6.35. The van der Waals surface area contributed by atoms with E-state index in [1.165, 1.54) is 9.36 Å². The molecule has 0 spiro atoms. The van der Waals surface area contributed by atoms with E-state index in [-0.39, 0.29) is 5.69 Å². The summed E-state index contributed by atoms with van der Waals surface area (Å²) in [6.07, 6.45) is 1.65. The number of hydrogen-bond acceptors (Lipinski definition) is 5. The summed E-state index contributed by atoms with van der Waals surface area (Å²) in [5.74, 6) is 0.527. The summed E-state index contributed by atoms with van der Waals surface area (Å²) in [7, 11) is 1.55. The number of benzene rings is 1. The lowest BCUT2D eigenvalue weighted by Crippen LogP contribution is -2.24. The van der Waals surface area contributed by atoms with E-state index in [2.05, 4.69) is 15.4 Å². The molecule has 0 atom stereocenters. The number of hydrogen-bond donors (Lipinski definition) is 0. The van der Waals surface area contributed by atoms with E-state index in [0.29, 0.717) is 18.1 Å². The Kier molecular flexibility index (Phi) is 3.46. The van der Waals surface area contributed by atoms with Gasteiger partial charge in [-0.1, -0.05) is 24.3 Å². The molecule has 2 heterocycles. The summed E-state index contributed by atoms with van der Waals surface area (Å²) in [5, 5.41) is 7.78. The third kappa shape index (κ3) is 2.66. The van der Waals surface area contributed by atoms with Crippen molar-refractivity contribution in [2.75, 3.05) is 7.11 Å². The first-order valence-electron chi connectivity index (χ1n) is 6.35. The highest BCUT2D eigenvalue weighted by Gasteiger charge is 2.09. The molecule has 3 aromatic rings. The van der Waals surface area contributed by atoms with Crippen LogP contribution in [0.3, 0.4) is 0 Å². The molecule has 106 valence electrons. The fraction of sp³-hybridized carbons (Fsp3) is 0.143. The lowest BCUT2D eigenvalue weighted by atomic mass is 10.3.